The standard InChI is InChI=1S/C44H62N4O4/c1-13-15-17-19-37(49)45-33-23-35-31(43(9,10)27(7)47(35)25(3)4)21-29(33)39-41(51)40(42(39)52)30-22-32-36(48(26(5)6)28(8)44(32,11)12)24-34(30)46-38(50)20-18-16-14-2/h21-28H,13-20H2,1-12H3,(H2,45,46,49,50,51,52). The molecule has 2 aliphatic heterocycles. The van der Waals surface area contributed by atoms with Gasteiger partial charge in [-0.3, -0.25) is 14.4 Å². The van der Waals surface area contributed by atoms with E-state index in [1.165, 1.54) is 0 Å². The van der Waals surface area contributed by atoms with Crippen LogP contribution < -0.4 is 35.8 Å². The topological polar surface area (TPSA) is 105 Å². The van der Waals surface area contributed by atoms with Crippen molar-refractivity contribution < 1.29 is 19.5 Å². The van der Waals surface area contributed by atoms with Crippen LogP contribution in [0.1, 0.15) is 151 Å². The van der Waals surface area contributed by atoms with E-state index in [4.69, 9.17) is 0 Å². The number of allylic oxidation sites excluding steroid dienone is 2. The average Bonchev–Trinajstić information content (AvgIpc) is 3.38. The number of rotatable bonds is 13. The molecule has 0 fully saturated rings. The smallest absolute Gasteiger partial charge is 0.224 e. The Balaban J connectivity index is 1.75. The Kier molecular flexibility index (Phi) is 11.2. The van der Waals surface area contributed by atoms with E-state index in [0.717, 1.165) is 60.7 Å². The van der Waals surface area contributed by atoms with Crippen molar-refractivity contribution >= 4 is 45.8 Å². The Morgan fingerprint density at radius 1 is 0.808 bits per heavy atom. The van der Waals surface area contributed by atoms with Crippen molar-refractivity contribution in [1.82, 2.24) is 4.58 Å². The predicted octanol–water partition coefficient (Wildman–Crippen LogP) is 6.70. The molecule has 5 rings (SSSR count). The zero-order valence-corrected chi connectivity index (χ0v) is 33.8. The lowest BCUT2D eigenvalue weighted by atomic mass is 9.76. The molecule has 0 saturated heterocycles. The van der Waals surface area contributed by atoms with Gasteiger partial charge in [-0.25, -0.2) is 4.58 Å². The number of fused-ring (bicyclic) bond motifs is 2. The lowest BCUT2D eigenvalue weighted by Crippen LogP contribution is -2.42. The van der Waals surface area contributed by atoms with Crippen LogP contribution in [0.2, 0.25) is 0 Å². The normalized spacial score (nSPS) is 21.2. The zero-order valence-electron chi connectivity index (χ0n) is 33.8. The van der Waals surface area contributed by atoms with E-state index in [9.17, 15) is 19.5 Å². The molecule has 2 N–H and O–H groups in total. The second-order valence-corrected chi connectivity index (χ2v) is 17.0. The highest BCUT2D eigenvalue weighted by atomic mass is 16.3. The van der Waals surface area contributed by atoms with Crippen molar-refractivity contribution in [2.24, 2.45) is 0 Å². The summed E-state index contributed by atoms with van der Waals surface area (Å²) in [5.74, 6) is -0.973. The fourth-order valence-corrected chi connectivity index (χ4v) is 8.65. The third-order valence-electron chi connectivity index (χ3n) is 12.3. The van der Waals surface area contributed by atoms with Crippen LogP contribution in [0, 0.1) is 0 Å². The number of Topliss-reactive ketones (excluding diaryl/α,β-unsaturated/α-hetero) is 1. The molecule has 0 spiro atoms. The van der Waals surface area contributed by atoms with E-state index in [0.29, 0.717) is 35.0 Å². The largest absolute Gasteiger partial charge is 0.871 e. The maximum atomic E-state index is 14.5. The van der Waals surface area contributed by atoms with E-state index in [-0.39, 0.29) is 69.5 Å². The molecule has 282 valence electrons. The van der Waals surface area contributed by atoms with Crippen LogP contribution in [0.15, 0.2) is 30.0 Å². The quantitative estimate of drug-likeness (QED) is 0.178. The third kappa shape index (κ3) is 6.71. The lowest BCUT2D eigenvalue weighted by Gasteiger charge is -2.34. The van der Waals surface area contributed by atoms with Gasteiger partial charge in [0.15, 0.2) is 11.8 Å². The summed E-state index contributed by atoms with van der Waals surface area (Å²) < 4.78 is 2.36. The van der Waals surface area contributed by atoms with E-state index in [1.807, 2.05) is 24.3 Å². The summed E-state index contributed by atoms with van der Waals surface area (Å²) in [6.07, 6.45) is 6.18. The number of unbranched alkanes of at least 4 members (excludes halogenated alkanes) is 4. The minimum Gasteiger partial charge on any atom is -0.871 e. The Morgan fingerprint density at radius 3 is 1.90 bits per heavy atom. The SMILES string of the molecule is CCCCCC(=O)Nc1cc2c(cc1C1=C([O-])/C(=c3/cc4c(cc3NC(=O)CCCCC)=[N+](C(C)C)C(C)C4(C)C)C1=O)C(C)(C)C(C)N2C(C)C. The molecule has 2 atom stereocenters. The molecule has 0 aromatic heterocycles. The fourth-order valence-electron chi connectivity index (χ4n) is 8.65. The van der Waals surface area contributed by atoms with Crippen LogP contribution in [0.25, 0.3) is 11.1 Å². The number of ketones is 1. The van der Waals surface area contributed by atoms with Gasteiger partial charge in [-0.05, 0) is 92.0 Å². The average molecular weight is 711 g/mol. The first kappa shape index (κ1) is 39.3. The summed E-state index contributed by atoms with van der Waals surface area (Å²) in [7, 11) is 0. The van der Waals surface area contributed by atoms with E-state index < -0.39 is 0 Å². The summed E-state index contributed by atoms with van der Waals surface area (Å²) >= 11 is 0. The molecule has 8 heteroatoms. The van der Waals surface area contributed by atoms with Gasteiger partial charge in [-0.15, -0.1) is 0 Å². The number of amides is 2. The summed E-state index contributed by atoms with van der Waals surface area (Å²) in [5, 5.41) is 22.2. The molecule has 2 unspecified atom stereocenters. The van der Waals surface area contributed by atoms with Gasteiger partial charge in [0.1, 0.15) is 6.04 Å². The Morgan fingerprint density at radius 2 is 1.38 bits per heavy atom. The summed E-state index contributed by atoms with van der Waals surface area (Å²) in [6, 6.07) is 8.64. The number of hydrogen-bond donors (Lipinski definition) is 2. The summed E-state index contributed by atoms with van der Waals surface area (Å²) in [5.41, 5.74) is 4.23. The zero-order chi connectivity index (χ0) is 38.4. The summed E-state index contributed by atoms with van der Waals surface area (Å²) in [6.45, 7) is 26.0. The highest BCUT2D eigenvalue weighted by molar-refractivity contribution is 6.52. The Bertz CT molecular complexity index is 1930. The van der Waals surface area contributed by atoms with Crippen molar-refractivity contribution in [3.8, 4) is 0 Å². The first-order valence-electron chi connectivity index (χ1n) is 19.8. The molecule has 3 aliphatic rings. The van der Waals surface area contributed by atoms with Crippen molar-refractivity contribution in [2.75, 3.05) is 15.5 Å². The van der Waals surface area contributed by atoms with Crippen LogP contribution >= 0.6 is 0 Å². The number of hydrogen-bond acceptors (Lipinski definition) is 5. The molecule has 2 heterocycles. The number of carbonyl (C=O) groups excluding carboxylic acids is 3. The molecule has 8 nitrogen and oxygen atoms in total. The molecule has 2 aromatic rings. The molecular formula is C44H62N4O4. The van der Waals surface area contributed by atoms with E-state index >= 15 is 0 Å². The van der Waals surface area contributed by atoms with Gasteiger partial charge in [0, 0.05) is 69.6 Å². The van der Waals surface area contributed by atoms with Gasteiger partial charge < -0.3 is 20.6 Å². The van der Waals surface area contributed by atoms with Gasteiger partial charge in [-0.2, -0.15) is 0 Å². The number of anilines is 3. The number of nitrogens with zero attached hydrogens (tertiary/aromatic N) is 2. The van der Waals surface area contributed by atoms with Crippen LogP contribution in [-0.4, -0.2) is 41.8 Å². The predicted molar refractivity (Wildman–Crippen MR) is 212 cm³/mol. The molecule has 0 bridgehead atoms. The van der Waals surface area contributed by atoms with E-state index in [2.05, 4.69) is 103 Å². The van der Waals surface area contributed by atoms with Gasteiger partial charge in [0.05, 0.1) is 16.8 Å². The van der Waals surface area contributed by atoms with Crippen molar-refractivity contribution in [3.63, 3.8) is 0 Å². The highest BCUT2D eigenvalue weighted by Crippen LogP contribution is 2.50. The first-order valence-corrected chi connectivity index (χ1v) is 19.8. The van der Waals surface area contributed by atoms with Crippen LogP contribution in [-0.2, 0) is 25.2 Å². The summed E-state index contributed by atoms with van der Waals surface area (Å²) in [4.78, 5) is 43.5. The second-order valence-electron chi connectivity index (χ2n) is 17.0. The second kappa shape index (κ2) is 14.8. The molecule has 1 aliphatic carbocycles. The third-order valence-corrected chi connectivity index (χ3v) is 12.3. The minimum absolute atomic E-state index is 0.0882. The maximum Gasteiger partial charge on any atom is 0.224 e. The fraction of sp³-hybridized carbons (Fsp3) is 0.591. The molecule has 52 heavy (non-hydrogen) atoms. The maximum absolute atomic E-state index is 14.5. The number of nitrogens with one attached hydrogen (secondary N) is 2. The van der Waals surface area contributed by atoms with Crippen LogP contribution in [0.4, 0.5) is 17.1 Å². The Hall–Kier alpha value is -3.94. The highest BCUT2D eigenvalue weighted by Gasteiger charge is 2.47. The van der Waals surface area contributed by atoms with Crippen LogP contribution in [0.5, 0.6) is 0 Å². The molecular weight excluding hydrogens is 649 g/mol. The van der Waals surface area contributed by atoms with E-state index in [1.54, 1.807) is 0 Å². The molecule has 2 aromatic carbocycles. The molecule has 0 radical (unpaired) electrons. The number of carbonyl (C=O) groups is 3. The van der Waals surface area contributed by atoms with Gasteiger partial charge in [0.2, 0.25) is 17.2 Å². The monoisotopic (exact) mass is 710 g/mol. The van der Waals surface area contributed by atoms with Gasteiger partial charge in [0.25, 0.3) is 0 Å². The first-order chi connectivity index (χ1) is 24.4. The van der Waals surface area contributed by atoms with Crippen LogP contribution in [0.3, 0.4) is 0 Å². The molecule has 2 amide bonds. The van der Waals surface area contributed by atoms with Crippen molar-refractivity contribution in [1.29, 1.82) is 0 Å². The minimum atomic E-state index is -0.359. The van der Waals surface area contributed by atoms with Gasteiger partial charge in [-0.1, -0.05) is 59.1 Å². The lowest BCUT2D eigenvalue weighted by molar-refractivity contribution is -0.292. The van der Waals surface area contributed by atoms with Crippen molar-refractivity contribution in [2.45, 2.75) is 169 Å². The van der Waals surface area contributed by atoms with Crippen molar-refractivity contribution in [3.05, 3.63) is 57.3 Å². The van der Waals surface area contributed by atoms with Gasteiger partial charge >= 0.3 is 0 Å². The molecule has 0 saturated carbocycles. The number of benzene rings is 2. The Labute approximate surface area is 311 Å².